The number of benzene rings is 1. The third-order valence-electron chi connectivity index (χ3n) is 4.68. The van der Waals surface area contributed by atoms with Crippen molar-refractivity contribution in [1.29, 1.82) is 0 Å². The van der Waals surface area contributed by atoms with Gasteiger partial charge in [0.05, 0.1) is 5.60 Å². The Balaban J connectivity index is 1.87. The van der Waals surface area contributed by atoms with Gasteiger partial charge in [-0.1, -0.05) is 44.2 Å². The van der Waals surface area contributed by atoms with Crippen LogP contribution in [0.15, 0.2) is 30.3 Å². The molecule has 0 heterocycles. The van der Waals surface area contributed by atoms with Crippen molar-refractivity contribution < 1.29 is 14.6 Å². The number of ether oxygens (including phenoxy) is 1. The van der Waals surface area contributed by atoms with Crippen LogP contribution in [0.5, 0.6) is 0 Å². The first-order chi connectivity index (χ1) is 9.33. The average molecular weight is 277 g/mol. The van der Waals surface area contributed by atoms with Crippen molar-refractivity contribution in [1.82, 2.24) is 5.32 Å². The van der Waals surface area contributed by atoms with E-state index in [0.29, 0.717) is 6.42 Å². The minimum atomic E-state index is -0.760. The molecule has 1 aliphatic rings. The zero-order valence-corrected chi connectivity index (χ0v) is 12.3. The molecule has 0 saturated heterocycles. The van der Waals surface area contributed by atoms with E-state index in [1.54, 1.807) is 0 Å². The Bertz CT molecular complexity index is 468. The number of alkyl carbamates (subject to hydrolysis) is 1. The van der Waals surface area contributed by atoms with Gasteiger partial charge in [-0.3, -0.25) is 0 Å². The monoisotopic (exact) mass is 277 g/mol. The molecule has 1 saturated carbocycles. The number of carbonyl (C=O) groups is 1. The maximum Gasteiger partial charge on any atom is 0.407 e. The number of rotatable bonds is 3. The summed E-state index contributed by atoms with van der Waals surface area (Å²) in [7, 11) is 0. The molecule has 2 atom stereocenters. The molecule has 0 aliphatic heterocycles. The summed E-state index contributed by atoms with van der Waals surface area (Å²) < 4.78 is 5.22. The number of nitrogens with one attached hydrogen (secondary N) is 1. The summed E-state index contributed by atoms with van der Waals surface area (Å²) in [5.41, 5.74) is -0.163. The maximum atomic E-state index is 11.9. The lowest BCUT2D eigenvalue weighted by Gasteiger charge is -2.37. The third kappa shape index (κ3) is 2.96. The van der Waals surface area contributed by atoms with Crippen LogP contribution in [0, 0.1) is 5.41 Å². The topological polar surface area (TPSA) is 58.6 Å². The largest absolute Gasteiger partial charge is 0.445 e. The van der Waals surface area contributed by atoms with Crippen LogP contribution in [0.2, 0.25) is 0 Å². The van der Waals surface area contributed by atoms with E-state index in [1.807, 2.05) is 51.1 Å². The minimum Gasteiger partial charge on any atom is -0.445 e. The summed E-state index contributed by atoms with van der Waals surface area (Å²) in [5.74, 6) is 0. The fourth-order valence-corrected chi connectivity index (χ4v) is 2.64. The molecule has 1 fully saturated rings. The van der Waals surface area contributed by atoms with Crippen molar-refractivity contribution >= 4 is 6.09 Å². The Hall–Kier alpha value is -1.55. The van der Waals surface area contributed by atoms with Gasteiger partial charge in [0.15, 0.2) is 0 Å². The second-order valence-corrected chi connectivity index (χ2v) is 6.29. The quantitative estimate of drug-likeness (QED) is 0.893. The van der Waals surface area contributed by atoms with Gasteiger partial charge in [-0.2, -0.15) is 0 Å². The summed E-state index contributed by atoms with van der Waals surface area (Å²) in [6, 6.07) is 9.50. The van der Waals surface area contributed by atoms with Crippen LogP contribution in [0.3, 0.4) is 0 Å². The third-order valence-corrected chi connectivity index (χ3v) is 4.68. The highest BCUT2D eigenvalue weighted by Crippen LogP contribution is 2.45. The highest BCUT2D eigenvalue weighted by Gasteiger charge is 2.51. The van der Waals surface area contributed by atoms with Crippen molar-refractivity contribution in [3.05, 3.63) is 35.9 Å². The smallest absolute Gasteiger partial charge is 0.407 e. The molecule has 1 aromatic carbocycles. The molecule has 1 aliphatic carbocycles. The standard InChI is InChI=1S/C16H23NO3/c1-15(2)13(9-10-16(15,3)19)17-14(18)20-11-12-7-5-4-6-8-12/h4-8,13,19H,9-11H2,1-3H3,(H,17,18). The molecule has 2 rings (SSSR count). The first kappa shape index (κ1) is 14.9. The lowest BCUT2D eigenvalue weighted by atomic mass is 9.77. The van der Waals surface area contributed by atoms with Gasteiger partial charge >= 0.3 is 6.09 Å². The van der Waals surface area contributed by atoms with Gasteiger partial charge in [-0.15, -0.1) is 0 Å². The zero-order chi connectivity index (χ0) is 14.8. The van der Waals surface area contributed by atoms with Crippen LogP contribution in [-0.2, 0) is 11.3 Å². The number of amides is 1. The Kier molecular flexibility index (Phi) is 4.04. The Labute approximate surface area is 120 Å². The summed E-state index contributed by atoms with van der Waals surface area (Å²) in [6.45, 7) is 6.03. The number of hydrogen-bond acceptors (Lipinski definition) is 3. The summed E-state index contributed by atoms with van der Waals surface area (Å²) in [6.07, 6.45) is 1.02. The van der Waals surface area contributed by atoms with Crippen LogP contribution in [-0.4, -0.2) is 22.8 Å². The predicted molar refractivity (Wildman–Crippen MR) is 77.2 cm³/mol. The fourth-order valence-electron chi connectivity index (χ4n) is 2.64. The Morgan fingerprint density at radius 3 is 2.55 bits per heavy atom. The van der Waals surface area contributed by atoms with E-state index in [-0.39, 0.29) is 18.1 Å². The minimum absolute atomic E-state index is 0.0687. The molecule has 0 spiro atoms. The van der Waals surface area contributed by atoms with E-state index in [1.165, 1.54) is 0 Å². The van der Waals surface area contributed by atoms with E-state index >= 15 is 0 Å². The van der Waals surface area contributed by atoms with Crippen molar-refractivity contribution in [2.45, 2.75) is 51.9 Å². The Morgan fingerprint density at radius 2 is 2.00 bits per heavy atom. The molecule has 1 amide bonds. The highest BCUT2D eigenvalue weighted by atomic mass is 16.5. The predicted octanol–water partition coefficient (Wildman–Crippen LogP) is 2.85. The molecule has 2 N–H and O–H groups in total. The zero-order valence-electron chi connectivity index (χ0n) is 12.3. The first-order valence-electron chi connectivity index (χ1n) is 7.02. The van der Waals surface area contributed by atoms with Gasteiger partial charge in [-0.05, 0) is 25.3 Å². The molecular formula is C16H23NO3. The van der Waals surface area contributed by atoms with Gasteiger partial charge in [0.25, 0.3) is 0 Å². The van der Waals surface area contributed by atoms with Gasteiger partial charge in [-0.25, -0.2) is 4.79 Å². The van der Waals surface area contributed by atoms with Crippen molar-refractivity contribution in [2.75, 3.05) is 0 Å². The molecule has 1 aromatic rings. The fraction of sp³-hybridized carbons (Fsp3) is 0.562. The number of hydrogen-bond donors (Lipinski definition) is 2. The molecule has 110 valence electrons. The molecule has 0 radical (unpaired) electrons. The second kappa shape index (κ2) is 5.44. The van der Waals surface area contributed by atoms with Crippen LogP contribution in [0.1, 0.15) is 39.2 Å². The highest BCUT2D eigenvalue weighted by molar-refractivity contribution is 5.67. The average Bonchev–Trinajstić information content (AvgIpc) is 2.60. The molecule has 0 bridgehead atoms. The van der Waals surface area contributed by atoms with Crippen molar-refractivity contribution in [3.63, 3.8) is 0 Å². The SMILES string of the molecule is CC1(O)CCC(NC(=O)OCc2ccccc2)C1(C)C. The van der Waals surface area contributed by atoms with Gasteiger partial charge in [0.2, 0.25) is 0 Å². The molecular weight excluding hydrogens is 254 g/mol. The van der Waals surface area contributed by atoms with Crippen LogP contribution < -0.4 is 5.32 Å². The first-order valence-corrected chi connectivity index (χ1v) is 7.02. The van der Waals surface area contributed by atoms with E-state index in [9.17, 15) is 9.90 Å². The van der Waals surface area contributed by atoms with Gasteiger partial charge < -0.3 is 15.2 Å². The van der Waals surface area contributed by atoms with Crippen LogP contribution in [0.4, 0.5) is 4.79 Å². The summed E-state index contributed by atoms with van der Waals surface area (Å²) in [4.78, 5) is 11.9. The Morgan fingerprint density at radius 1 is 1.35 bits per heavy atom. The van der Waals surface area contributed by atoms with E-state index < -0.39 is 11.7 Å². The van der Waals surface area contributed by atoms with Crippen molar-refractivity contribution in [3.8, 4) is 0 Å². The summed E-state index contributed by atoms with van der Waals surface area (Å²) >= 11 is 0. The van der Waals surface area contributed by atoms with Crippen LogP contribution in [0.25, 0.3) is 0 Å². The molecule has 4 nitrogen and oxygen atoms in total. The van der Waals surface area contributed by atoms with Gasteiger partial charge in [0, 0.05) is 11.5 Å². The van der Waals surface area contributed by atoms with Gasteiger partial charge in [0.1, 0.15) is 6.61 Å². The second-order valence-electron chi connectivity index (χ2n) is 6.29. The number of carbonyl (C=O) groups excluding carboxylic acids is 1. The molecule has 4 heteroatoms. The molecule has 2 unspecified atom stereocenters. The van der Waals surface area contributed by atoms with E-state index in [2.05, 4.69) is 5.32 Å². The number of aliphatic hydroxyl groups is 1. The summed E-state index contributed by atoms with van der Waals surface area (Å²) in [5, 5.41) is 13.2. The lowest BCUT2D eigenvalue weighted by molar-refractivity contribution is -0.0343. The lowest BCUT2D eigenvalue weighted by Crippen LogP contribution is -2.49. The maximum absolute atomic E-state index is 11.9. The normalized spacial score (nSPS) is 28.1. The molecule has 0 aromatic heterocycles. The van der Waals surface area contributed by atoms with Crippen LogP contribution >= 0.6 is 0 Å². The molecule has 20 heavy (non-hydrogen) atoms. The van der Waals surface area contributed by atoms with E-state index in [4.69, 9.17) is 4.74 Å². The van der Waals surface area contributed by atoms with E-state index in [0.717, 1.165) is 12.0 Å². The van der Waals surface area contributed by atoms with Crippen molar-refractivity contribution in [2.24, 2.45) is 5.41 Å².